The summed E-state index contributed by atoms with van der Waals surface area (Å²) in [4.78, 5) is 42.9. The average Bonchev–Trinajstić information content (AvgIpc) is 3.13. The minimum Gasteiger partial charge on any atom is -0.462 e. The number of ether oxygens (including phenoxy) is 2. The van der Waals surface area contributed by atoms with Gasteiger partial charge in [0.15, 0.2) is 6.10 Å². The van der Waals surface area contributed by atoms with Crippen LogP contribution in [0.15, 0.2) is 36.5 Å². The van der Waals surface area contributed by atoms with Crippen LogP contribution >= 0.6 is 7.82 Å². The first-order valence-electron chi connectivity index (χ1n) is 22.2. The van der Waals surface area contributed by atoms with Gasteiger partial charge in [-0.3, -0.25) is 14.1 Å². The molecule has 55 heavy (non-hydrogen) atoms. The second-order valence-corrected chi connectivity index (χ2v) is 16.9. The van der Waals surface area contributed by atoms with Crippen LogP contribution in [-0.4, -0.2) is 52.3 Å². The molecule has 0 aliphatic heterocycles. The molecule has 0 heterocycles. The van der Waals surface area contributed by atoms with Crippen LogP contribution < -0.4 is 0 Å². The molecule has 0 saturated heterocycles. The fourth-order valence-corrected chi connectivity index (χ4v) is 6.75. The summed E-state index contributed by atoms with van der Waals surface area (Å²) in [5.74, 6) is -0.109. The van der Waals surface area contributed by atoms with E-state index in [1.54, 1.807) is 6.08 Å². The Morgan fingerprint density at radius 1 is 0.582 bits per heavy atom. The number of aliphatic hydroxyl groups excluding tert-OH is 1. The van der Waals surface area contributed by atoms with E-state index in [2.05, 4.69) is 37.4 Å². The fraction of sp³-hybridized carbons (Fsp3) is 0.822. The number of aliphatic hydroxyl groups is 1. The van der Waals surface area contributed by atoms with Crippen LogP contribution in [-0.2, 0) is 28.2 Å². The molecule has 9 nitrogen and oxygen atoms in total. The molecule has 0 spiro atoms. The number of phosphoric ester groups is 1. The van der Waals surface area contributed by atoms with E-state index < -0.39 is 38.6 Å². The minimum absolute atomic E-state index is 0.143. The van der Waals surface area contributed by atoms with Gasteiger partial charge in [-0.05, 0) is 38.0 Å². The van der Waals surface area contributed by atoms with E-state index in [0.717, 1.165) is 57.3 Å². The first kappa shape index (κ1) is 53.2. The highest BCUT2D eigenvalue weighted by molar-refractivity contribution is 7.46. The second-order valence-electron chi connectivity index (χ2n) is 15.7. The van der Waals surface area contributed by atoms with Crippen LogP contribution in [0.1, 0.15) is 207 Å². The molecule has 0 rings (SSSR count). The van der Waals surface area contributed by atoms with Crippen molar-refractivity contribution in [1.82, 2.24) is 0 Å². The first-order chi connectivity index (χ1) is 26.5. The number of carbonyl (C=O) groups is 2. The molecule has 1 unspecified atom stereocenters. The van der Waals surface area contributed by atoms with Crippen molar-refractivity contribution < 1.29 is 43.0 Å². The largest absolute Gasteiger partial charge is 0.469 e. The molecule has 0 amide bonds. The Morgan fingerprint density at radius 3 is 1.51 bits per heavy atom. The normalized spacial score (nSPS) is 13.4. The number of hydrogen-bond acceptors (Lipinski definition) is 7. The van der Waals surface area contributed by atoms with Gasteiger partial charge in [0.25, 0.3) is 0 Å². The Bertz CT molecular complexity index is 1020. The van der Waals surface area contributed by atoms with Gasteiger partial charge < -0.3 is 24.4 Å². The summed E-state index contributed by atoms with van der Waals surface area (Å²) in [5.41, 5.74) is 0. The van der Waals surface area contributed by atoms with Crippen molar-refractivity contribution in [2.75, 3.05) is 13.2 Å². The third-order valence-corrected chi connectivity index (χ3v) is 10.2. The maximum absolute atomic E-state index is 12.4. The molecule has 0 aliphatic carbocycles. The lowest BCUT2D eigenvalue weighted by Crippen LogP contribution is -2.29. The third-order valence-electron chi connectivity index (χ3n) is 9.71. The minimum atomic E-state index is -4.78. The van der Waals surface area contributed by atoms with Gasteiger partial charge in [0, 0.05) is 12.8 Å². The topological polar surface area (TPSA) is 140 Å². The highest BCUT2D eigenvalue weighted by Crippen LogP contribution is 2.36. The quantitative estimate of drug-likeness (QED) is 0.0182. The molecule has 0 aromatic carbocycles. The zero-order valence-corrected chi connectivity index (χ0v) is 36.2. The molecule has 322 valence electrons. The van der Waals surface area contributed by atoms with Crippen LogP contribution in [0.5, 0.6) is 0 Å². The van der Waals surface area contributed by atoms with Crippen molar-refractivity contribution in [2.24, 2.45) is 5.92 Å². The molecule has 0 saturated carbocycles. The van der Waals surface area contributed by atoms with Crippen molar-refractivity contribution >= 4 is 19.8 Å². The summed E-state index contributed by atoms with van der Waals surface area (Å²) in [6.07, 6.45) is 41.8. The van der Waals surface area contributed by atoms with Gasteiger partial charge in [-0.25, -0.2) is 4.57 Å². The lowest BCUT2D eigenvalue weighted by atomic mass is 10.0. The van der Waals surface area contributed by atoms with Gasteiger partial charge >= 0.3 is 19.8 Å². The number of esters is 2. The zero-order valence-electron chi connectivity index (χ0n) is 35.4. The van der Waals surface area contributed by atoms with Crippen LogP contribution in [0.4, 0.5) is 0 Å². The van der Waals surface area contributed by atoms with Crippen LogP contribution in [0.2, 0.25) is 0 Å². The molecule has 2 atom stereocenters. The summed E-state index contributed by atoms with van der Waals surface area (Å²) in [6, 6.07) is 0. The molecule has 0 aliphatic rings. The van der Waals surface area contributed by atoms with E-state index in [1.807, 2.05) is 18.2 Å². The molecule has 0 aromatic heterocycles. The smallest absolute Gasteiger partial charge is 0.462 e. The van der Waals surface area contributed by atoms with Crippen molar-refractivity contribution in [1.29, 1.82) is 0 Å². The molecule has 0 fully saturated rings. The van der Waals surface area contributed by atoms with Crippen molar-refractivity contribution in [2.45, 2.75) is 219 Å². The van der Waals surface area contributed by atoms with E-state index in [4.69, 9.17) is 19.3 Å². The predicted octanol–water partition coefficient (Wildman–Crippen LogP) is 12.6. The molecule has 3 N–H and O–H groups in total. The Morgan fingerprint density at radius 2 is 1.04 bits per heavy atom. The molecule has 0 bridgehead atoms. The number of carbonyl (C=O) groups excluding carboxylic acids is 2. The Hall–Kier alpha value is -1.77. The van der Waals surface area contributed by atoms with E-state index in [-0.39, 0.29) is 19.4 Å². The highest BCUT2D eigenvalue weighted by Gasteiger charge is 2.23. The standard InChI is InChI=1S/C45H83O9P/c1-4-5-6-7-20-25-30-35-42(46)36-31-26-23-28-33-38-45(48)54-43(40-53-55(49,50)51)39-52-44(47)37-32-27-22-19-17-15-13-11-9-8-10-12-14-16-18-21-24-29-34-41(2)3/h5-6,20,25,30,35,41-43,46H,4,7-19,21-24,26-29,31-34,36-40H2,1-3H3,(H2,49,50,51)/b6-5+,25-20+,35-30+/t42?,43-/m1/s1. The summed E-state index contributed by atoms with van der Waals surface area (Å²) in [5, 5.41) is 10.1. The number of unbranched alkanes of at least 4 members (excludes halogenated alkanes) is 21. The van der Waals surface area contributed by atoms with E-state index >= 15 is 0 Å². The average molecular weight is 799 g/mol. The number of hydrogen-bond donors (Lipinski definition) is 3. The van der Waals surface area contributed by atoms with Gasteiger partial charge in [0.1, 0.15) is 6.61 Å². The van der Waals surface area contributed by atoms with E-state index in [0.29, 0.717) is 19.3 Å². The number of phosphoric acid groups is 1. The van der Waals surface area contributed by atoms with Crippen molar-refractivity contribution in [3.05, 3.63) is 36.5 Å². The SMILES string of the molecule is CC/C=C/C/C=C/C=C/C(O)CCCCCCCC(=O)O[C@H](COC(=O)CCCCCCCCCCCCCCCCCCCCC(C)C)COP(=O)(O)O. The Kier molecular flexibility index (Phi) is 37.8. The predicted molar refractivity (Wildman–Crippen MR) is 227 cm³/mol. The Labute approximate surface area is 336 Å². The maximum Gasteiger partial charge on any atom is 0.469 e. The summed E-state index contributed by atoms with van der Waals surface area (Å²) in [7, 11) is -4.78. The second kappa shape index (κ2) is 39.1. The summed E-state index contributed by atoms with van der Waals surface area (Å²) >= 11 is 0. The molecule has 0 aromatic rings. The number of rotatable bonds is 40. The van der Waals surface area contributed by atoms with Gasteiger partial charge in [-0.15, -0.1) is 0 Å². The van der Waals surface area contributed by atoms with Gasteiger partial charge in [-0.2, -0.15) is 0 Å². The van der Waals surface area contributed by atoms with Crippen LogP contribution in [0.3, 0.4) is 0 Å². The third kappa shape index (κ3) is 43.2. The first-order valence-corrected chi connectivity index (χ1v) is 23.8. The van der Waals surface area contributed by atoms with Crippen molar-refractivity contribution in [3.63, 3.8) is 0 Å². The highest BCUT2D eigenvalue weighted by atomic mass is 31.2. The number of allylic oxidation sites excluding steroid dienone is 5. The van der Waals surface area contributed by atoms with E-state index in [9.17, 15) is 19.3 Å². The van der Waals surface area contributed by atoms with Crippen LogP contribution in [0, 0.1) is 5.92 Å². The zero-order chi connectivity index (χ0) is 40.7. The lowest BCUT2D eigenvalue weighted by Gasteiger charge is -2.18. The maximum atomic E-state index is 12.4. The molecular formula is C45H83O9P. The monoisotopic (exact) mass is 799 g/mol. The van der Waals surface area contributed by atoms with Crippen molar-refractivity contribution in [3.8, 4) is 0 Å². The summed E-state index contributed by atoms with van der Waals surface area (Å²) in [6.45, 7) is 5.85. The molecule has 0 radical (unpaired) electrons. The van der Waals surface area contributed by atoms with Gasteiger partial charge in [-0.1, -0.05) is 198 Å². The van der Waals surface area contributed by atoms with Gasteiger partial charge in [0.05, 0.1) is 12.7 Å². The molecule has 10 heteroatoms. The fourth-order valence-electron chi connectivity index (χ4n) is 6.39. The Balaban J connectivity index is 3.91. The van der Waals surface area contributed by atoms with E-state index in [1.165, 1.54) is 103 Å². The van der Waals surface area contributed by atoms with Crippen LogP contribution in [0.25, 0.3) is 0 Å². The summed E-state index contributed by atoms with van der Waals surface area (Å²) < 4.78 is 26.4. The lowest BCUT2D eigenvalue weighted by molar-refractivity contribution is -0.161. The molecular weight excluding hydrogens is 715 g/mol. The van der Waals surface area contributed by atoms with Gasteiger partial charge in [0.2, 0.25) is 0 Å².